The summed E-state index contributed by atoms with van der Waals surface area (Å²) < 4.78 is 43.1. The van der Waals surface area contributed by atoms with E-state index in [1.54, 1.807) is 13.8 Å². The Morgan fingerprint density at radius 1 is 1.34 bits per heavy atom. The van der Waals surface area contributed by atoms with Gasteiger partial charge in [-0.3, -0.25) is 4.79 Å². The summed E-state index contributed by atoms with van der Waals surface area (Å²) in [4.78, 5) is 20.1. The Labute approximate surface area is 173 Å². The monoisotopic (exact) mass is 424 g/mol. The number of hydrogen-bond acceptors (Lipinski definition) is 2. The highest BCUT2D eigenvalue weighted by Crippen LogP contribution is 2.41. The molecule has 0 saturated heterocycles. The standard InChI is InChI=1S/C22H24ClF3N2O/c1-5-22(26,12(2)3)18-15(20(29)28-19(27-18)14-7-8-14)10-13-6-9-16(17(23)11-13)21(4,24)25/h6,9,11,14H,2,5,7-8,10H2,1,3-4H3,(H,27,28,29). The highest BCUT2D eigenvalue weighted by atomic mass is 35.5. The van der Waals surface area contributed by atoms with Crippen molar-refractivity contribution in [3.8, 4) is 0 Å². The van der Waals surface area contributed by atoms with Crippen LogP contribution in [0, 0.1) is 0 Å². The van der Waals surface area contributed by atoms with Crippen molar-refractivity contribution in [2.75, 3.05) is 0 Å². The van der Waals surface area contributed by atoms with Gasteiger partial charge in [-0.05, 0) is 43.4 Å². The van der Waals surface area contributed by atoms with E-state index in [9.17, 15) is 13.6 Å². The molecule has 0 spiro atoms. The molecule has 3 nitrogen and oxygen atoms in total. The van der Waals surface area contributed by atoms with E-state index in [1.807, 2.05) is 0 Å². The molecular weight excluding hydrogens is 401 g/mol. The van der Waals surface area contributed by atoms with E-state index in [-0.39, 0.29) is 46.2 Å². The van der Waals surface area contributed by atoms with Gasteiger partial charge in [-0.1, -0.05) is 37.2 Å². The van der Waals surface area contributed by atoms with Gasteiger partial charge in [0.15, 0.2) is 5.67 Å². The molecule has 0 radical (unpaired) electrons. The fourth-order valence-electron chi connectivity index (χ4n) is 3.46. The molecule has 156 valence electrons. The van der Waals surface area contributed by atoms with Crippen LogP contribution < -0.4 is 5.56 Å². The second kappa shape index (κ2) is 7.63. The molecule has 1 fully saturated rings. The van der Waals surface area contributed by atoms with E-state index < -0.39 is 17.2 Å². The number of H-pyrrole nitrogens is 1. The number of alkyl halides is 3. The molecule has 1 saturated carbocycles. The lowest BCUT2D eigenvalue weighted by molar-refractivity contribution is 0.0176. The summed E-state index contributed by atoms with van der Waals surface area (Å²) in [6.45, 7) is 7.78. The van der Waals surface area contributed by atoms with Gasteiger partial charge in [0.2, 0.25) is 0 Å². The maximum atomic E-state index is 15.8. The number of hydrogen-bond donors (Lipinski definition) is 1. The van der Waals surface area contributed by atoms with Crippen molar-refractivity contribution in [2.45, 2.75) is 64.0 Å². The Balaban J connectivity index is 2.11. The van der Waals surface area contributed by atoms with Crippen molar-refractivity contribution in [3.05, 3.63) is 73.9 Å². The highest BCUT2D eigenvalue weighted by molar-refractivity contribution is 6.31. The molecule has 0 aliphatic heterocycles. The van der Waals surface area contributed by atoms with Crippen LogP contribution in [0.4, 0.5) is 13.2 Å². The van der Waals surface area contributed by atoms with Gasteiger partial charge in [-0.25, -0.2) is 18.2 Å². The van der Waals surface area contributed by atoms with Crippen molar-refractivity contribution < 1.29 is 13.2 Å². The fraction of sp³-hybridized carbons (Fsp3) is 0.455. The van der Waals surface area contributed by atoms with Gasteiger partial charge in [0, 0.05) is 30.4 Å². The zero-order chi connectivity index (χ0) is 21.6. The first-order valence-corrected chi connectivity index (χ1v) is 10.00. The minimum absolute atomic E-state index is 0.0247. The Bertz CT molecular complexity index is 1010. The maximum Gasteiger partial charge on any atom is 0.271 e. The van der Waals surface area contributed by atoms with Crippen molar-refractivity contribution in [1.29, 1.82) is 0 Å². The van der Waals surface area contributed by atoms with Crippen LogP contribution in [0.2, 0.25) is 5.02 Å². The van der Waals surface area contributed by atoms with E-state index in [1.165, 1.54) is 18.2 Å². The first-order chi connectivity index (χ1) is 13.5. The van der Waals surface area contributed by atoms with Crippen molar-refractivity contribution in [3.63, 3.8) is 0 Å². The van der Waals surface area contributed by atoms with Gasteiger partial charge in [-0.2, -0.15) is 0 Å². The lowest BCUT2D eigenvalue weighted by atomic mass is 9.86. The average Bonchev–Trinajstić information content (AvgIpc) is 3.46. The number of allylic oxidation sites excluding steroid dienone is 1. The van der Waals surface area contributed by atoms with Crippen LogP contribution in [0.1, 0.15) is 74.2 Å². The third-order valence-corrected chi connectivity index (χ3v) is 5.74. The molecule has 2 aromatic rings. The van der Waals surface area contributed by atoms with E-state index in [2.05, 4.69) is 16.5 Å². The quantitative estimate of drug-likeness (QED) is 0.541. The van der Waals surface area contributed by atoms with Crippen LogP contribution in [0.3, 0.4) is 0 Å². The molecule has 1 N–H and O–H groups in total. The second-order valence-electron chi connectivity index (χ2n) is 7.87. The molecule has 1 aromatic carbocycles. The Kier molecular flexibility index (Phi) is 5.69. The predicted molar refractivity (Wildman–Crippen MR) is 109 cm³/mol. The summed E-state index contributed by atoms with van der Waals surface area (Å²) in [6, 6.07) is 4.10. The molecule has 1 aliphatic rings. The summed E-state index contributed by atoms with van der Waals surface area (Å²) in [5.41, 5.74) is -1.67. The van der Waals surface area contributed by atoms with E-state index in [0.29, 0.717) is 11.4 Å². The summed E-state index contributed by atoms with van der Waals surface area (Å²) in [5, 5.41) is -0.0996. The van der Waals surface area contributed by atoms with Gasteiger partial charge < -0.3 is 4.98 Å². The Hall–Kier alpha value is -2.08. The highest BCUT2D eigenvalue weighted by Gasteiger charge is 2.38. The minimum Gasteiger partial charge on any atom is -0.310 e. The van der Waals surface area contributed by atoms with Gasteiger partial charge >= 0.3 is 0 Å². The van der Waals surface area contributed by atoms with Crippen LogP contribution in [0.5, 0.6) is 0 Å². The first-order valence-electron chi connectivity index (χ1n) is 9.62. The molecule has 1 heterocycles. The molecule has 3 rings (SSSR count). The summed E-state index contributed by atoms with van der Waals surface area (Å²) in [7, 11) is 0. The van der Waals surface area contributed by atoms with Gasteiger partial charge in [0.1, 0.15) is 5.82 Å². The smallest absolute Gasteiger partial charge is 0.271 e. The van der Waals surface area contributed by atoms with Crippen molar-refractivity contribution in [2.24, 2.45) is 0 Å². The third kappa shape index (κ3) is 4.27. The van der Waals surface area contributed by atoms with E-state index >= 15 is 4.39 Å². The lowest BCUT2D eigenvalue weighted by Crippen LogP contribution is -2.30. The van der Waals surface area contributed by atoms with Crippen LogP contribution in [0.25, 0.3) is 0 Å². The molecule has 1 atom stereocenters. The van der Waals surface area contributed by atoms with Crippen LogP contribution in [0.15, 0.2) is 35.1 Å². The average molecular weight is 425 g/mol. The summed E-state index contributed by atoms with van der Waals surface area (Å²) >= 11 is 6.03. The topological polar surface area (TPSA) is 45.8 Å². The fourth-order valence-corrected chi connectivity index (χ4v) is 3.83. The van der Waals surface area contributed by atoms with Crippen LogP contribution in [-0.4, -0.2) is 9.97 Å². The summed E-state index contributed by atoms with van der Waals surface area (Å²) in [5.74, 6) is -2.45. The molecule has 7 heteroatoms. The normalized spacial score (nSPS) is 16.5. The zero-order valence-corrected chi connectivity index (χ0v) is 17.5. The molecule has 1 aliphatic carbocycles. The third-order valence-electron chi connectivity index (χ3n) is 5.42. The molecule has 1 unspecified atom stereocenters. The number of rotatable bonds is 7. The number of aromatic nitrogens is 2. The molecule has 0 amide bonds. The van der Waals surface area contributed by atoms with Gasteiger partial charge in [0.05, 0.1) is 10.7 Å². The van der Waals surface area contributed by atoms with E-state index in [4.69, 9.17) is 11.6 Å². The number of halogens is 4. The minimum atomic E-state index is -3.08. The molecule has 29 heavy (non-hydrogen) atoms. The summed E-state index contributed by atoms with van der Waals surface area (Å²) in [6.07, 6.45) is 1.92. The predicted octanol–water partition coefficient (Wildman–Crippen LogP) is 6.15. The second-order valence-corrected chi connectivity index (χ2v) is 8.27. The number of nitrogens with zero attached hydrogens (tertiary/aromatic N) is 1. The van der Waals surface area contributed by atoms with Crippen molar-refractivity contribution in [1.82, 2.24) is 9.97 Å². The Morgan fingerprint density at radius 2 is 2.00 bits per heavy atom. The number of aromatic amines is 1. The van der Waals surface area contributed by atoms with Crippen molar-refractivity contribution >= 4 is 11.6 Å². The van der Waals surface area contributed by atoms with Crippen LogP contribution in [-0.2, 0) is 18.0 Å². The van der Waals surface area contributed by atoms with Crippen LogP contribution >= 0.6 is 11.6 Å². The molecule has 0 bridgehead atoms. The molecule has 1 aromatic heterocycles. The number of nitrogens with one attached hydrogen (secondary N) is 1. The van der Waals surface area contributed by atoms with E-state index in [0.717, 1.165) is 19.8 Å². The van der Waals surface area contributed by atoms with Gasteiger partial charge in [0.25, 0.3) is 11.5 Å². The molecular formula is C22H24ClF3N2O. The largest absolute Gasteiger partial charge is 0.310 e. The SMILES string of the molecule is C=C(C)C(F)(CC)c1nc(C2CC2)[nH]c(=O)c1Cc1ccc(C(C)(F)F)c(Cl)c1. The first kappa shape index (κ1) is 21.6. The maximum absolute atomic E-state index is 15.8. The number of benzene rings is 1. The zero-order valence-electron chi connectivity index (χ0n) is 16.7. The van der Waals surface area contributed by atoms with Gasteiger partial charge in [-0.15, -0.1) is 0 Å². The lowest BCUT2D eigenvalue weighted by Gasteiger charge is -2.26. The Morgan fingerprint density at radius 3 is 2.48 bits per heavy atom.